The maximum atomic E-state index is 13.0. The summed E-state index contributed by atoms with van der Waals surface area (Å²) in [7, 11) is 3.09. The molecule has 3 aromatic rings. The van der Waals surface area contributed by atoms with Gasteiger partial charge in [0.25, 0.3) is 11.9 Å². The van der Waals surface area contributed by atoms with Crippen molar-refractivity contribution in [3.05, 3.63) is 42.1 Å². The molecule has 0 unspecified atom stereocenters. The van der Waals surface area contributed by atoms with Gasteiger partial charge < -0.3 is 23.7 Å². The zero-order valence-corrected chi connectivity index (χ0v) is 15.2. The van der Waals surface area contributed by atoms with Crippen molar-refractivity contribution in [1.82, 2.24) is 14.9 Å². The van der Waals surface area contributed by atoms with Gasteiger partial charge in [0.05, 0.1) is 19.8 Å². The predicted molar refractivity (Wildman–Crippen MR) is 99.5 cm³/mol. The van der Waals surface area contributed by atoms with Gasteiger partial charge in [-0.3, -0.25) is 4.79 Å². The lowest BCUT2D eigenvalue weighted by Crippen LogP contribution is -2.49. The second-order valence-corrected chi connectivity index (χ2v) is 6.14. The number of ether oxygens (including phenoxy) is 2. The fourth-order valence-electron chi connectivity index (χ4n) is 3.22. The highest BCUT2D eigenvalue weighted by Crippen LogP contribution is 2.32. The molecule has 3 heterocycles. The molecule has 27 heavy (non-hydrogen) atoms. The molecule has 4 rings (SSSR count). The summed E-state index contributed by atoms with van der Waals surface area (Å²) < 4.78 is 16.4. The van der Waals surface area contributed by atoms with E-state index in [2.05, 4.69) is 9.97 Å². The Morgan fingerprint density at radius 1 is 1.07 bits per heavy atom. The minimum absolute atomic E-state index is 0.0790. The van der Waals surface area contributed by atoms with Crippen LogP contribution in [-0.2, 0) is 0 Å². The van der Waals surface area contributed by atoms with E-state index in [-0.39, 0.29) is 5.91 Å². The topological polar surface area (TPSA) is 80.9 Å². The van der Waals surface area contributed by atoms with Crippen LogP contribution in [0.4, 0.5) is 6.01 Å². The molecule has 1 amide bonds. The van der Waals surface area contributed by atoms with Crippen molar-refractivity contribution in [3.63, 3.8) is 0 Å². The van der Waals surface area contributed by atoms with E-state index in [4.69, 9.17) is 13.9 Å². The number of carbonyl (C=O) groups excluding carboxylic acids is 1. The van der Waals surface area contributed by atoms with Crippen molar-refractivity contribution in [1.29, 1.82) is 0 Å². The molecule has 8 heteroatoms. The number of amides is 1. The number of fused-ring (bicyclic) bond motifs is 1. The van der Waals surface area contributed by atoms with E-state index in [1.807, 2.05) is 17.0 Å². The zero-order valence-electron chi connectivity index (χ0n) is 15.2. The van der Waals surface area contributed by atoms with Crippen molar-refractivity contribution in [2.45, 2.75) is 0 Å². The molecular weight excluding hydrogens is 348 g/mol. The smallest absolute Gasteiger partial charge is 0.300 e. The molecule has 0 atom stereocenters. The van der Waals surface area contributed by atoms with E-state index in [0.717, 1.165) is 0 Å². The number of nitrogens with zero attached hydrogens (tertiary/aromatic N) is 4. The summed E-state index contributed by atoms with van der Waals surface area (Å²) in [6.07, 6.45) is 1.69. The lowest BCUT2D eigenvalue weighted by Gasteiger charge is -2.34. The number of oxazole rings is 1. The van der Waals surface area contributed by atoms with Crippen LogP contribution in [0.25, 0.3) is 11.2 Å². The van der Waals surface area contributed by atoms with Crippen molar-refractivity contribution in [2.75, 3.05) is 45.3 Å². The molecular formula is C19H20N4O4. The van der Waals surface area contributed by atoms with Crippen LogP contribution in [0.2, 0.25) is 0 Å². The molecule has 0 spiro atoms. The number of pyridine rings is 1. The van der Waals surface area contributed by atoms with Crippen LogP contribution in [-0.4, -0.2) is 61.2 Å². The van der Waals surface area contributed by atoms with E-state index in [1.165, 1.54) is 7.11 Å². The van der Waals surface area contributed by atoms with Gasteiger partial charge in [0.2, 0.25) is 5.65 Å². The van der Waals surface area contributed by atoms with Crippen LogP contribution in [0.15, 0.2) is 40.9 Å². The number of piperazine rings is 1. The number of carbonyl (C=O) groups is 1. The number of aromatic nitrogens is 2. The van der Waals surface area contributed by atoms with E-state index in [9.17, 15) is 4.79 Å². The van der Waals surface area contributed by atoms with Crippen LogP contribution in [0.1, 0.15) is 10.4 Å². The van der Waals surface area contributed by atoms with Crippen molar-refractivity contribution >= 4 is 23.2 Å². The highest BCUT2D eigenvalue weighted by atomic mass is 16.5. The van der Waals surface area contributed by atoms with Crippen LogP contribution in [0.3, 0.4) is 0 Å². The van der Waals surface area contributed by atoms with Gasteiger partial charge in [-0.05, 0) is 24.3 Å². The maximum absolute atomic E-state index is 13.0. The first-order chi connectivity index (χ1) is 13.2. The number of benzene rings is 1. The Balaban J connectivity index is 1.48. The van der Waals surface area contributed by atoms with Gasteiger partial charge in [0, 0.05) is 32.4 Å². The summed E-state index contributed by atoms with van der Waals surface area (Å²) in [5.74, 6) is 0.919. The Morgan fingerprint density at radius 3 is 2.59 bits per heavy atom. The summed E-state index contributed by atoms with van der Waals surface area (Å²) in [4.78, 5) is 25.4. The lowest BCUT2D eigenvalue weighted by molar-refractivity contribution is 0.0741. The molecule has 1 fully saturated rings. The Bertz CT molecular complexity index is 930. The molecule has 0 aliphatic carbocycles. The van der Waals surface area contributed by atoms with Crippen molar-refractivity contribution < 1.29 is 18.7 Å². The monoisotopic (exact) mass is 368 g/mol. The Kier molecular flexibility index (Phi) is 4.53. The van der Waals surface area contributed by atoms with Gasteiger partial charge in [-0.15, -0.1) is 0 Å². The molecule has 1 aliphatic heterocycles. The molecule has 0 saturated carbocycles. The molecule has 8 nitrogen and oxygen atoms in total. The fraction of sp³-hybridized carbons (Fsp3) is 0.316. The summed E-state index contributed by atoms with van der Waals surface area (Å²) in [6, 6.07) is 9.51. The van der Waals surface area contributed by atoms with Gasteiger partial charge in [0.15, 0.2) is 17.1 Å². The predicted octanol–water partition coefficient (Wildman–Crippen LogP) is 2.20. The van der Waals surface area contributed by atoms with E-state index >= 15 is 0 Å². The van der Waals surface area contributed by atoms with Crippen molar-refractivity contribution in [3.8, 4) is 11.5 Å². The molecule has 1 saturated heterocycles. The average Bonchev–Trinajstić information content (AvgIpc) is 3.17. The van der Waals surface area contributed by atoms with Crippen molar-refractivity contribution in [2.24, 2.45) is 0 Å². The van der Waals surface area contributed by atoms with Gasteiger partial charge in [-0.25, -0.2) is 4.98 Å². The fourth-order valence-corrected chi connectivity index (χ4v) is 3.22. The normalized spacial score (nSPS) is 14.4. The minimum Gasteiger partial charge on any atom is -0.493 e. The average molecular weight is 368 g/mol. The number of rotatable bonds is 4. The summed E-state index contributed by atoms with van der Waals surface area (Å²) >= 11 is 0. The highest BCUT2D eigenvalue weighted by Gasteiger charge is 2.27. The summed E-state index contributed by atoms with van der Waals surface area (Å²) in [5.41, 5.74) is 1.75. The third kappa shape index (κ3) is 3.14. The minimum atomic E-state index is -0.0790. The zero-order chi connectivity index (χ0) is 18.8. The number of para-hydroxylation sites is 1. The summed E-state index contributed by atoms with van der Waals surface area (Å²) in [6.45, 7) is 2.38. The maximum Gasteiger partial charge on any atom is 0.300 e. The first kappa shape index (κ1) is 17.1. The van der Waals surface area contributed by atoms with E-state index in [0.29, 0.717) is 60.5 Å². The van der Waals surface area contributed by atoms with E-state index in [1.54, 1.807) is 36.4 Å². The Labute approximate surface area is 156 Å². The van der Waals surface area contributed by atoms with Gasteiger partial charge in [-0.1, -0.05) is 6.07 Å². The standard InChI is InChI=1S/C19H20N4O4/c1-25-14-6-3-5-13(16(14)26-2)18(24)22-9-11-23(12-10-22)19-21-17-15(27-19)7-4-8-20-17/h3-8H,9-12H2,1-2H3. The highest BCUT2D eigenvalue weighted by molar-refractivity contribution is 5.98. The SMILES string of the molecule is COc1cccc(C(=O)N2CCN(c3nc4ncccc4o3)CC2)c1OC. The summed E-state index contributed by atoms with van der Waals surface area (Å²) in [5, 5.41) is 0. The molecule has 0 bridgehead atoms. The first-order valence-corrected chi connectivity index (χ1v) is 8.68. The molecule has 140 valence electrons. The number of hydrogen-bond acceptors (Lipinski definition) is 7. The number of anilines is 1. The second kappa shape index (κ2) is 7.14. The molecule has 1 aliphatic rings. The Morgan fingerprint density at radius 2 is 1.89 bits per heavy atom. The van der Waals surface area contributed by atoms with Gasteiger partial charge in [0.1, 0.15) is 0 Å². The number of methoxy groups -OCH3 is 2. The number of hydrogen-bond donors (Lipinski definition) is 0. The molecule has 1 aromatic carbocycles. The van der Waals surface area contributed by atoms with Gasteiger partial charge >= 0.3 is 0 Å². The second-order valence-electron chi connectivity index (χ2n) is 6.14. The van der Waals surface area contributed by atoms with Gasteiger partial charge in [-0.2, -0.15) is 4.98 Å². The van der Waals surface area contributed by atoms with Crippen LogP contribution >= 0.6 is 0 Å². The Hall–Kier alpha value is -3.29. The largest absolute Gasteiger partial charge is 0.493 e. The molecule has 0 radical (unpaired) electrons. The van der Waals surface area contributed by atoms with Crippen LogP contribution in [0, 0.1) is 0 Å². The quantitative estimate of drug-likeness (QED) is 0.698. The van der Waals surface area contributed by atoms with E-state index < -0.39 is 0 Å². The molecule has 2 aromatic heterocycles. The molecule has 0 N–H and O–H groups in total. The lowest BCUT2D eigenvalue weighted by atomic mass is 10.1. The third-order valence-corrected chi connectivity index (χ3v) is 4.62. The van der Waals surface area contributed by atoms with Crippen LogP contribution < -0.4 is 14.4 Å². The van der Waals surface area contributed by atoms with Crippen LogP contribution in [0.5, 0.6) is 11.5 Å². The first-order valence-electron chi connectivity index (χ1n) is 8.68. The third-order valence-electron chi connectivity index (χ3n) is 4.62.